The van der Waals surface area contributed by atoms with Gasteiger partial charge in [-0.2, -0.15) is 0 Å². The summed E-state index contributed by atoms with van der Waals surface area (Å²) >= 11 is 1.56. The van der Waals surface area contributed by atoms with E-state index < -0.39 is 7.22 Å². The smallest absolute Gasteiger partial charge is 0.213 e. The first-order chi connectivity index (χ1) is 7.24. The molecule has 0 aliphatic carbocycles. The van der Waals surface area contributed by atoms with Crippen molar-refractivity contribution in [3.05, 3.63) is 35.9 Å². The van der Waals surface area contributed by atoms with E-state index >= 15 is 0 Å². The number of hydrogen-bond acceptors (Lipinski definition) is 2. The molecule has 0 saturated heterocycles. The third-order valence-electron chi connectivity index (χ3n) is 3.16. The molecule has 0 unspecified atom stereocenters. The average Bonchev–Trinajstić information content (AvgIpc) is 2.16. The Kier molecular flexibility index (Phi) is 4.02. The molecule has 0 atom stereocenters. The van der Waals surface area contributed by atoms with Crippen molar-refractivity contribution in [3.8, 4) is 0 Å². The Hall–Kier alpha value is -0.543. The molecule has 0 bridgehead atoms. The predicted octanol–water partition coefficient (Wildman–Crippen LogP) is 4.57. The van der Waals surface area contributed by atoms with Gasteiger partial charge in [0, 0.05) is 5.56 Å². The van der Waals surface area contributed by atoms with Crippen LogP contribution in [0.5, 0.6) is 0 Å². The molecule has 0 spiro atoms. The van der Waals surface area contributed by atoms with Crippen molar-refractivity contribution in [2.45, 2.75) is 38.9 Å². The Labute approximate surface area is 103 Å². The van der Waals surface area contributed by atoms with Crippen molar-refractivity contribution < 1.29 is 4.79 Å². The average molecular weight is 252 g/mol. The predicted molar refractivity (Wildman–Crippen MR) is 75.6 cm³/mol. The van der Waals surface area contributed by atoms with Crippen molar-refractivity contribution in [2.75, 3.05) is 0 Å². The van der Waals surface area contributed by atoms with Gasteiger partial charge in [0.05, 0.1) is 0 Å². The van der Waals surface area contributed by atoms with Crippen molar-refractivity contribution in [2.24, 2.45) is 0 Å². The van der Waals surface area contributed by atoms with Crippen LogP contribution in [-0.2, 0) is 0 Å². The lowest BCUT2D eigenvalue weighted by Crippen LogP contribution is -2.34. The monoisotopic (exact) mass is 252 g/mol. The molecule has 88 valence electrons. The van der Waals surface area contributed by atoms with Gasteiger partial charge in [0.2, 0.25) is 5.12 Å². The minimum absolute atomic E-state index is 0.215. The van der Waals surface area contributed by atoms with E-state index in [0.717, 1.165) is 5.56 Å². The summed E-state index contributed by atoms with van der Waals surface area (Å²) in [6, 6.07) is 9.55. The topological polar surface area (TPSA) is 17.1 Å². The van der Waals surface area contributed by atoms with Crippen LogP contribution in [0, 0.1) is 0 Å². The molecule has 0 N–H and O–H groups in total. The summed E-state index contributed by atoms with van der Waals surface area (Å²) in [5.74, 6) is 0. The standard InChI is InChI=1S/C13H20OSSi/c1-13(2,3)16(4,5)15-12(14)11-9-7-6-8-10-11/h6-10H,1-5H3. The fourth-order valence-electron chi connectivity index (χ4n) is 1.02. The number of carbonyl (C=O) groups is 1. The first-order valence-corrected chi connectivity index (χ1v) is 10.1. The second-order valence-electron chi connectivity index (χ2n) is 5.52. The molecular formula is C13H20OSSi. The number of hydrogen-bond donors (Lipinski definition) is 0. The molecule has 0 fully saturated rings. The van der Waals surface area contributed by atoms with Crippen LogP contribution in [0.25, 0.3) is 0 Å². The van der Waals surface area contributed by atoms with E-state index in [2.05, 4.69) is 33.9 Å². The van der Waals surface area contributed by atoms with Gasteiger partial charge >= 0.3 is 0 Å². The minimum atomic E-state index is -1.58. The van der Waals surface area contributed by atoms with Gasteiger partial charge in [-0.05, 0) is 5.04 Å². The summed E-state index contributed by atoms with van der Waals surface area (Å²) in [7, 11) is -1.58. The highest BCUT2D eigenvalue weighted by Crippen LogP contribution is 2.44. The highest BCUT2D eigenvalue weighted by atomic mass is 32.4. The fraction of sp³-hybridized carbons (Fsp3) is 0.462. The maximum atomic E-state index is 12.1. The first-order valence-electron chi connectivity index (χ1n) is 5.52. The Balaban J connectivity index is 2.80. The van der Waals surface area contributed by atoms with Crippen molar-refractivity contribution in [1.29, 1.82) is 0 Å². The Morgan fingerprint density at radius 3 is 2.06 bits per heavy atom. The van der Waals surface area contributed by atoms with Crippen LogP contribution < -0.4 is 0 Å². The van der Waals surface area contributed by atoms with E-state index in [1.54, 1.807) is 11.2 Å². The molecule has 0 saturated carbocycles. The van der Waals surface area contributed by atoms with Crippen LogP contribution in [0.15, 0.2) is 30.3 Å². The van der Waals surface area contributed by atoms with Gasteiger partial charge in [0.15, 0.2) is 0 Å². The quantitative estimate of drug-likeness (QED) is 0.717. The fourth-order valence-corrected chi connectivity index (χ4v) is 4.70. The third kappa shape index (κ3) is 3.22. The second-order valence-corrected chi connectivity index (χ2v) is 14.3. The van der Waals surface area contributed by atoms with Gasteiger partial charge < -0.3 is 0 Å². The lowest BCUT2D eigenvalue weighted by molar-refractivity contribution is 0.109. The Bertz CT molecular complexity index is 365. The molecule has 0 radical (unpaired) electrons. The number of benzene rings is 1. The normalized spacial score (nSPS) is 12.6. The molecule has 1 aromatic rings. The van der Waals surface area contributed by atoms with Crippen molar-refractivity contribution in [1.82, 2.24) is 0 Å². The van der Waals surface area contributed by atoms with Crippen LogP contribution >= 0.6 is 11.2 Å². The molecule has 0 heterocycles. The molecule has 16 heavy (non-hydrogen) atoms. The van der Waals surface area contributed by atoms with E-state index in [4.69, 9.17) is 0 Å². The third-order valence-corrected chi connectivity index (χ3v) is 11.6. The van der Waals surface area contributed by atoms with E-state index in [9.17, 15) is 4.79 Å². The molecule has 3 heteroatoms. The lowest BCUT2D eigenvalue weighted by atomic mass is 10.2. The van der Waals surface area contributed by atoms with Gasteiger partial charge in [-0.1, -0.05) is 64.2 Å². The maximum Gasteiger partial charge on any atom is 0.213 e. The van der Waals surface area contributed by atoms with E-state index in [1.807, 2.05) is 30.3 Å². The molecule has 0 aromatic heterocycles. The lowest BCUT2D eigenvalue weighted by Gasteiger charge is -2.35. The Morgan fingerprint density at radius 1 is 1.12 bits per heavy atom. The molecular weight excluding hydrogens is 232 g/mol. The Morgan fingerprint density at radius 2 is 1.62 bits per heavy atom. The number of rotatable bonds is 2. The zero-order chi connectivity index (χ0) is 12.4. The van der Waals surface area contributed by atoms with E-state index in [1.165, 1.54) is 0 Å². The molecule has 0 amide bonds. The summed E-state index contributed by atoms with van der Waals surface area (Å²) in [5, 5.41) is 0.453. The maximum absolute atomic E-state index is 12.1. The summed E-state index contributed by atoms with van der Waals surface area (Å²) in [4.78, 5) is 12.1. The molecule has 1 rings (SSSR count). The summed E-state index contributed by atoms with van der Waals surface area (Å²) in [5.41, 5.74) is 0.817. The zero-order valence-electron chi connectivity index (χ0n) is 10.7. The van der Waals surface area contributed by atoms with E-state index in [0.29, 0.717) is 0 Å². The number of carbonyl (C=O) groups excluding carboxylic acids is 1. The van der Waals surface area contributed by atoms with Gasteiger partial charge in [-0.25, -0.2) is 0 Å². The SMILES string of the molecule is CC(C)(C)[Si](C)(C)SC(=O)c1ccccc1. The molecule has 0 aliphatic rings. The minimum Gasteiger partial charge on any atom is -0.282 e. The largest absolute Gasteiger partial charge is 0.282 e. The van der Waals surface area contributed by atoms with Crippen LogP contribution in [0.3, 0.4) is 0 Å². The van der Waals surface area contributed by atoms with E-state index in [-0.39, 0.29) is 10.2 Å². The first kappa shape index (κ1) is 13.5. The van der Waals surface area contributed by atoms with Gasteiger partial charge in [-0.15, -0.1) is 11.2 Å². The van der Waals surface area contributed by atoms with Crippen molar-refractivity contribution >= 4 is 23.5 Å². The molecule has 1 nitrogen and oxygen atoms in total. The summed E-state index contributed by atoms with van der Waals surface area (Å²) in [6.07, 6.45) is 0. The van der Waals surface area contributed by atoms with Crippen LogP contribution in [0.1, 0.15) is 31.1 Å². The second kappa shape index (κ2) is 4.76. The zero-order valence-corrected chi connectivity index (χ0v) is 12.5. The van der Waals surface area contributed by atoms with Gasteiger partial charge in [0.25, 0.3) is 0 Å². The van der Waals surface area contributed by atoms with Gasteiger partial charge in [-0.3, -0.25) is 4.79 Å². The van der Waals surface area contributed by atoms with Crippen molar-refractivity contribution in [3.63, 3.8) is 0 Å². The molecule has 0 aliphatic heterocycles. The van der Waals surface area contributed by atoms with Gasteiger partial charge in [0.1, 0.15) is 7.22 Å². The summed E-state index contributed by atoms with van der Waals surface area (Å²) < 4.78 is 0. The highest BCUT2D eigenvalue weighted by Gasteiger charge is 2.38. The molecule has 1 aromatic carbocycles. The highest BCUT2D eigenvalue weighted by molar-refractivity contribution is 8.39. The van der Waals surface area contributed by atoms with Crippen LogP contribution in [0.2, 0.25) is 18.1 Å². The van der Waals surface area contributed by atoms with Crippen LogP contribution in [-0.4, -0.2) is 12.3 Å². The van der Waals surface area contributed by atoms with Crippen LogP contribution in [0.4, 0.5) is 0 Å². The summed E-state index contributed by atoms with van der Waals surface area (Å²) in [6.45, 7) is 11.2.